The number of anilines is 3. The number of carboxylic acids is 1. The number of nitrogens with zero attached hydrogens (tertiary/aromatic N) is 1. The van der Waals surface area contributed by atoms with Crippen molar-refractivity contribution >= 4 is 75.3 Å². The molecule has 0 bridgehead atoms. The van der Waals surface area contributed by atoms with Gasteiger partial charge in [0.2, 0.25) is 0 Å². The number of carbonyl (C=O) groups excluding carboxylic acids is 1. The first-order valence-electron chi connectivity index (χ1n) is 11.2. The van der Waals surface area contributed by atoms with Crippen LogP contribution in [0.15, 0.2) is 64.4 Å². The number of benzene rings is 2. The predicted molar refractivity (Wildman–Crippen MR) is 152 cm³/mol. The van der Waals surface area contributed by atoms with Crippen LogP contribution in [0.4, 0.5) is 17.1 Å². The van der Waals surface area contributed by atoms with E-state index in [0.29, 0.717) is 21.3 Å². The smallest absolute Gasteiger partial charge is 0.305 e. The highest BCUT2D eigenvalue weighted by atomic mass is 35.5. The number of halogens is 4. The van der Waals surface area contributed by atoms with Gasteiger partial charge in [-0.3, -0.25) is 24.2 Å². The second kappa shape index (κ2) is 12.0. The lowest BCUT2D eigenvalue weighted by Gasteiger charge is -2.22. The molecule has 0 saturated carbocycles. The van der Waals surface area contributed by atoms with Crippen LogP contribution < -0.4 is 26.8 Å². The molecular formula is C26H18Cl4N4O5. The van der Waals surface area contributed by atoms with E-state index >= 15 is 0 Å². The zero-order chi connectivity index (χ0) is 28.3. The summed E-state index contributed by atoms with van der Waals surface area (Å²) in [6.45, 7) is 0.180. The lowest BCUT2D eigenvalue weighted by atomic mass is 10.0. The number of aromatic nitrogens is 1. The predicted octanol–water partition coefficient (Wildman–Crippen LogP) is 5.78. The molecule has 13 heteroatoms. The Labute approximate surface area is 241 Å². The normalized spacial score (nSPS) is 11.7. The molecule has 200 valence electrons. The summed E-state index contributed by atoms with van der Waals surface area (Å²) in [5.41, 5.74) is 0.192. The molecule has 39 heavy (non-hydrogen) atoms. The SMILES string of the molecule is O=C(O)CC(Nc1c(NCc2ccc(Cl)c(Cl)c2)c(=O)c1=O)c1ccc(NC(=O)c2c(Cl)cncc2Cl)cc1. The summed E-state index contributed by atoms with van der Waals surface area (Å²) in [6, 6.07) is 10.4. The van der Waals surface area contributed by atoms with Crippen molar-refractivity contribution in [3.63, 3.8) is 0 Å². The van der Waals surface area contributed by atoms with Gasteiger partial charge in [-0.15, -0.1) is 0 Å². The molecule has 0 aliphatic carbocycles. The topological polar surface area (TPSA) is 137 Å². The number of nitrogens with one attached hydrogen (secondary N) is 3. The number of aliphatic carboxylic acids is 1. The van der Waals surface area contributed by atoms with Crippen molar-refractivity contribution in [1.82, 2.24) is 4.98 Å². The monoisotopic (exact) mass is 606 g/mol. The highest BCUT2D eigenvalue weighted by molar-refractivity contribution is 6.42. The van der Waals surface area contributed by atoms with Gasteiger partial charge in [0.25, 0.3) is 16.8 Å². The molecule has 1 atom stereocenters. The molecule has 3 aromatic carbocycles. The quantitative estimate of drug-likeness (QED) is 0.166. The van der Waals surface area contributed by atoms with Crippen LogP contribution in [0.1, 0.15) is 33.9 Å². The summed E-state index contributed by atoms with van der Waals surface area (Å²) in [5, 5.41) is 18.8. The standard InChI is InChI=1S/C26H18Cl4N4O5/c27-15-6-1-12(7-16(15)28)9-32-22-23(25(38)24(22)37)34-19(8-20(35)36)13-2-4-14(5-3-13)33-26(39)21-17(29)10-31-11-18(21)30/h1-7,10-11,19,32,34H,8-9H2,(H,33,39)(H,35,36). The number of pyridine rings is 1. The van der Waals surface area contributed by atoms with Gasteiger partial charge in [0.1, 0.15) is 11.4 Å². The van der Waals surface area contributed by atoms with Gasteiger partial charge in [-0.25, -0.2) is 0 Å². The zero-order valence-corrected chi connectivity index (χ0v) is 22.8. The Morgan fingerprint density at radius 2 is 1.49 bits per heavy atom. The van der Waals surface area contributed by atoms with Gasteiger partial charge in [0.15, 0.2) is 0 Å². The van der Waals surface area contributed by atoms with Crippen molar-refractivity contribution in [1.29, 1.82) is 0 Å². The van der Waals surface area contributed by atoms with Crippen LogP contribution in [0.3, 0.4) is 0 Å². The molecule has 0 fully saturated rings. The Balaban J connectivity index is 1.50. The minimum atomic E-state index is -1.13. The highest BCUT2D eigenvalue weighted by Crippen LogP contribution is 2.29. The number of rotatable bonds is 10. The van der Waals surface area contributed by atoms with E-state index in [9.17, 15) is 24.3 Å². The van der Waals surface area contributed by atoms with E-state index in [1.165, 1.54) is 12.4 Å². The first-order valence-corrected chi connectivity index (χ1v) is 12.8. The molecule has 0 aliphatic heterocycles. The van der Waals surface area contributed by atoms with E-state index in [1.807, 2.05) is 0 Å². The largest absolute Gasteiger partial charge is 0.481 e. The third-order valence-electron chi connectivity index (χ3n) is 5.71. The van der Waals surface area contributed by atoms with Crippen LogP contribution in [-0.4, -0.2) is 22.0 Å². The summed E-state index contributed by atoms with van der Waals surface area (Å²) in [5.74, 6) is -1.68. The number of hydrogen-bond acceptors (Lipinski definition) is 7. The Morgan fingerprint density at radius 1 is 0.846 bits per heavy atom. The Bertz CT molecular complexity index is 1610. The Kier molecular flexibility index (Phi) is 8.76. The molecule has 1 heterocycles. The first-order chi connectivity index (χ1) is 18.5. The molecule has 1 amide bonds. The van der Waals surface area contributed by atoms with E-state index in [0.717, 1.165) is 5.56 Å². The number of carbonyl (C=O) groups is 2. The molecule has 0 aliphatic rings. The third kappa shape index (κ3) is 6.51. The summed E-state index contributed by atoms with van der Waals surface area (Å²) in [6.07, 6.45) is 2.20. The van der Waals surface area contributed by atoms with Crippen molar-refractivity contribution in [2.75, 3.05) is 16.0 Å². The van der Waals surface area contributed by atoms with Crippen molar-refractivity contribution in [2.24, 2.45) is 0 Å². The minimum Gasteiger partial charge on any atom is -0.481 e. The third-order valence-corrected chi connectivity index (χ3v) is 7.02. The maximum atomic E-state index is 12.6. The molecule has 0 radical (unpaired) electrons. The Hall–Kier alpha value is -3.63. The molecule has 0 saturated heterocycles. The fourth-order valence-corrected chi connectivity index (χ4v) is 4.62. The summed E-state index contributed by atoms with van der Waals surface area (Å²) >= 11 is 24.0. The van der Waals surface area contributed by atoms with Crippen molar-refractivity contribution < 1.29 is 14.7 Å². The minimum absolute atomic E-state index is 0.0225. The molecule has 4 N–H and O–H groups in total. The molecule has 9 nitrogen and oxygen atoms in total. The van der Waals surface area contributed by atoms with Gasteiger partial charge in [-0.1, -0.05) is 64.6 Å². The lowest BCUT2D eigenvalue weighted by molar-refractivity contribution is -0.137. The van der Waals surface area contributed by atoms with Gasteiger partial charge in [0.05, 0.1) is 38.1 Å². The average Bonchev–Trinajstić information content (AvgIpc) is 2.89. The van der Waals surface area contributed by atoms with Gasteiger partial charge in [0, 0.05) is 24.6 Å². The van der Waals surface area contributed by atoms with Crippen molar-refractivity contribution in [3.8, 4) is 0 Å². The van der Waals surface area contributed by atoms with Gasteiger partial charge in [-0.2, -0.15) is 0 Å². The van der Waals surface area contributed by atoms with Crippen molar-refractivity contribution in [2.45, 2.75) is 19.0 Å². The van der Waals surface area contributed by atoms with Gasteiger partial charge >= 0.3 is 5.97 Å². The fourth-order valence-electron chi connectivity index (χ4n) is 3.76. The number of amides is 1. The highest BCUT2D eigenvalue weighted by Gasteiger charge is 2.25. The first kappa shape index (κ1) is 28.4. The van der Waals surface area contributed by atoms with E-state index in [4.69, 9.17) is 46.4 Å². The van der Waals surface area contributed by atoms with Gasteiger partial charge in [-0.05, 0) is 35.4 Å². The number of carboxylic acid groups (broad SMARTS) is 1. The maximum Gasteiger partial charge on any atom is 0.305 e. The van der Waals surface area contributed by atoms with Crippen LogP contribution in [0, 0.1) is 0 Å². The van der Waals surface area contributed by atoms with Crippen LogP contribution in [-0.2, 0) is 11.3 Å². The van der Waals surface area contributed by atoms with Crippen molar-refractivity contribution in [3.05, 3.63) is 112 Å². The van der Waals surface area contributed by atoms with E-state index in [-0.39, 0.29) is 39.9 Å². The molecule has 4 aromatic rings. The number of hydrogen-bond donors (Lipinski definition) is 4. The lowest BCUT2D eigenvalue weighted by Crippen LogP contribution is -2.38. The van der Waals surface area contributed by atoms with Crippen LogP contribution in [0.5, 0.6) is 0 Å². The second-order valence-corrected chi connectivity index (χ2v) is 9.99. The molecule has 4 rings (SSSR count). The van der Waals surface area contributed by atoms with Crippen LogP contribution >= 0.6 is 46.4 Å². The fraction of sp³-hybridized carbons (Fsp3) is 0.115. The van der Waals surface area contributed by atoms with E-state index in [2.05, 4.69) is 20.9 Å². The molecule has 0 spiro atoms. The second-order valence-electron chi connectivity index (χ2n) is 8.36. The van der Waals surface area contributed by atoms with Gasteiger partial charge < -0.3 is 21.1 Å². The average molecular weight is 608 g/mol. The zero-order valence-electron chi connectivity index (χ0n) is 19.7. The molecular weight excluding hydrogens is 590 g/mol. The molecule has 1 aromatic heterocycles. The molecule has 1 unspecified atom stereocenters. The summed E-state index contributed by atoms with van der Waals surface area (Å²) in [4.78, 5) is 52.6. The van der Waals surface area contributed by atoms with Crippen LogP contribution in [0.25, 0.3) is 0 Å². The maximum absolute atomic E-state index is 12.6. The van der Waals surface area contributed by atoms with Crippen LogP contribution in [0.2, 0.25) is 20.1 Å². The summed E-state index contributed by atoms with van der Waals surface area (Å²) in [7, 11) is 0. The van der Waals surface area contributed by atoms with E-state index in [1.54, 1.807) is 42.5 Å². The Morgan fingerprint density at radius 3 is 2.10 bits per heavy atom. The summed E-state index contributed by atoms with van der Waals surface area (Å²) < 4.78 is 0. The van der Waals surface area contributed by atoms with E-state index < -0.39 is 28.8 Å².